The van der Waals surface area contributed by atoms with E-state index in [1.54, 1.807) is 18.5 Å². The van der Waals surface area contributed by atoms with Gasteiger partial charge in [0.15, 0.2) is 0 Å². The molecular formula is C20H19Cl2N3O2S. The van der Waals surface area contributed by atoms with Crippen LogP contribution in [0.15, 0.2) is 65.8 Å². The summed E-state index contributed by atoms with van der Waals surface area (Å²) in [6.45, 7) is 2.30. The molecule has 0 aliphatic carbocycles. The Kier molecular flexibility index (Phi) is 6.25. The third-order valence-corrected chi connectivity index (χ3v) is 6.77. The summed E-state index contributed by atoms with van der Waals surface area (Å²) < 4.78 is 28.2. The van der Waals surface area contributed by atoms with E-state index in [9.17, 15) is 8.42 Å². The molecule has 0 atom stereocenters. The maximum atomic E-state index is 13.4. The van der Waals surface area contributed by atoms with Crippen molar-refractivity contribution in [3.63, 3.8) is 0 Å². The van der Waals surface area contributed by atoms with Crippen LogP contribution in [-0.4, -0.2) is 17.7 Å². The first kappa shape index (κ1) is 20.6. The Morgan fingerprint density at radius 3 is 2.32 bits per heavy atom. The summed E-state index contributed by atoms with van der Waals surface area (Å²) in [6, 6.07) is 13.9. The summed E-state index contributed by atoms with van der Waals surface area (Å²) in [5.41, 5.74) is 8.59. The van der Waals surface area contributed by atoms with Crippen molar-refractivity contribution < 1.29 is 8.42 Å². The molecule has 3 aromatic rings. The van der Waals surface area contributed by atoms with Gasteiger partial charge in [0.05, 0.1) is 20.6 Å². The molecule has 0 aliphatic rings. The zero-order valence-corrected chi connectivity index (χ0v) is 17.5. The fraction of sp³-hybridized carbons (Fsp3) is 0.150. The summed E-state index contributed by atoms with van der Waals surface area (Å²) in [7, 11) is -3.89. The van der Waals surface area contributed by atoms with Gasteiger partial charge >= 0.3 is 0 Å². The fourth-order valence-corrected chi connectivity index (χ4v) is 4.83. The second-order valence-electron chi connectivity index (χ2n) is 6.36. The Morgan fingerprint density at radius 2 is 1.71 bits per heavy atom. The lowest BCUT2D eigenvalue weighted by Gasteiger charge is -2.23. The van der Waals surface area contributed by atoms with E-state index in [0.717, 1.165) is 16.7 Å². The van der Waals surface area contributed by atoms with Crippen LogP contribution in [0.3, 0.4) is 0 Å². The molecule has 0 bridgehead atoms. The minimum atomic E-state index is -3.89. The number of nitrogen functional groups attached to an aromatic ring is 1. The smallest absolute Gasteiger partial charge is 0.243 e. The lowest BCUT2D eigenvalue weighted by molar-refractivity contribution is 0.400. The molecule has 1 heterocycles. The van der Waals surface area contributed by atoms with Crippen molar-refractivity contribution in [3.05, 3.63) is 87.7 Å². The number of nitrogens with two attached hydrogens (primary N) is 1. The normalized spacial score (nSPS) is 11.7. The van der Waals surface area contributed by atoms with Crippen LogP contribution in [0, 0.1) is 6.92 Å². The fourth-order valence-electron chi connectivity index (χ4n) is 2.76. The van der Waals surface area contributed by atoms with Crippen molar-refractivity contribution in [2.45, 2.75) is 24.9 Å². The van der Waals surface area contributed by atoms with Crippen LogP contribution in [0.2, 0.25) is 10.0 Å². The van der Waals surface area contributed by atoms with Crippen molar-refractivity contribution in [1.82, 2.24) is 9.29 Å². The minimum absolute atomic E-state index is 0.00539. The van der Waals surface area contributed by atoms with Crippen molar-refractivity contribution in [2.24, 2.45) is 0 Å². The second-order valence-corrected chi connectivity index (χ2v) is 9.11. The predicted molar refractivity (Wildman–Crippen MR) is 113 cm³/mol. The zero-order chi connectivity index (χ0) is 20.3. The summed E-state index contributed by atoms with van der Waals surface area (Å²) in [4.78, 5) is 4.07. The summed E-state index contributed by atoms with van der Waals surface area (Å²) in [5.74, 6) is 0. The molecule has 2 N–H and O–H groups in total. The van der Waals surface area contributed by atoms with Crippen LogP contribution in [0.4, 0.5) is 5.69 Å². The van der Waals surface area contributed by atoms with Gasteiger partial charge in [-0.05, 0) is 41.8 Å². The highest BCUT2D eigenvalue weighted by Gasteiger charge is 2.27. The molecule has 0 radical (unpaired) electrons. The summed E-state index contributed by atoms with van der Waals surface area (Å²) in [6.07, 6.45) is 3.28. The number of pyridine rings is 1. The van der Waals surface area contributed by atoms with Crippen LogP contribution in [-0.2, 0) is 23.1 Å². The van der Waals surface area contributed by atoms with E-state index in [-0.39, 0.29) is 33.7 Å². The van der Waals surface area contributed by atoms with Gasteiger partial charge in [-0.15, -0.1) is 0 Å². The van der Waals surface area contributed by atoms with Gasteiger partial charge < -0.3 is 5.73 Å². The first-order chi connectivity index (χ1) is 13.3. The number of nitrogens with zero attached hydrogens (tertiary/aromatic N) is 2. The maximum absolute atomic E-state index is 13.4. The largest absolute Gasteiger partial charge is 0.396 e. The molecule has 0 aliphatic heterocycles. The van der Waals surface area contributed by atoms with Crippen molar-refractivity contribution in [2.75, 3.05) is 5.73 Å². The molecule has 0 amide bonds. The van der Waals surface area contributed by atoms with Gasteiger partial charge in [0.1, 0.15) is 0 Å². The number of hydrogen-bond donors (Lipinski definition) is 1. The first-order valence-electron chi connectivity index (χ1n) is 8.47. The van der Waals surface area contributed by atoms with E-state index in [4.69, 9.17) is 28.9 Å². The van der Waals surface area contributed by atoms with Crippen molar-refractivity contribution >= 4 is 38.9 Å². The van der Waals surface area contributed by atoms with Gasteiger partial charge in [-0.3, -0.25) is 4.98 Å². The van der Waals surface area contributed by atoms with Gasteiger partial charge in [-0.25, -0.2) is 8.42 Å². The third kappa shape index (κ3) is 4.47. The molecule has 8 heteroatoms. The van der Waals surface area contributed by atoms with Gasteiger partial charge in [-0.2, -0.15) is 4.31 Å². The Labute approximate surface area is 174 Å². The van der Waals surface area contributed by atoms with E-state index in [1.165, 1.54) is 16.4 Å². The predicted octanol–water partition coefficient (Wildman–Crippen LogP) is 4.67. The highest BCUT2D eigenvalue weighted by atomic mass is 35.5. The molecule has 0 spiro atoms. The van der Waals surface area contributed by atoms with E-state index < -0.39 is 10.0 Å². The number of sulfonamides is 1. The second kappa shape index (κ2) is 8.49. The summed E-state index contributed by atoms with van der Waals surface area (Å²) >= 11 is 12.1. The molecule has 0 saturated heterocycles. The van der Waals surface area contributed by atoms with Gasteiger partial charge in [-0.1, -0.05) is 53.5 Å². The van der Waals surface area contributed by atoms with E-state index in [2.05, 4.69) is 4.98 Å². The topological polar surface area (TPSA) is 76.3 Å². The Bertz CT molecular complexity index is 1070. The monoisotopic (exact) mass is 435 g/mol. The number of aromatic nitrogens is 1. The number of hydrogen-bond acceptors (Lipinski definition) is 4. The van der Waals surface area contributed by atoms with Crippen LogP contribution in [0.1, 0.15) is 16.7 Å². The van der Waals surface area contributed by atoms with E-state index in [1.807, 2.05) is 37.3 Å². The molecule has 1 aromatic heterocycles. The van der Waals surface area contributed by atoms with E-state index >= 15 is 0 Å². The van der Waals surface area contributed by atoms with Gasteiger partial charge in [0.2, 0.25) is 10.0 Å². The molecule has 3 rings (SSSR count). The highest BCUT2D eigenvalue weighted by molar-refractivity contribution is 7.89. The summed E-state index contributed by atoms with van der Waals surface area (Å²) in [5, 5.41) is 0.201. The van der Waals surface area contributed by atoms with Gasteiger partial charge in [0, 0.05) is 25.5 Å². The average Bonchev–Trinajstić information content (AvgIpc) is 2.67. The van der Waals surface area contributed by atoms with Crippen LogP contribution < -0.4 is 5.73 Å². The molecular weight excluding hydrogens is 417 g/mol. The SMILES string of the molecule is Cc1ccccc1CN(Cc1cccnc1)S(=O)(=O)c1cc(Cl)c(N)c(Cl)c1. The average molecular weight is 436 g/mol. The standard InChI is InChI=1S/C20H19Cl2N3O2S/c1-14-5-2-3-7-16(14)13-25(12-15-6-4-8-24-11-15)28(26,27)17-9-18(21)20(23)19(22)10-17/h2-11H,12-13,23H2,1H3. The number of rotatable bonds is 6. The Hall–Kier alpha value is -2.12. The Morgan fingerprint density at radius 1 is 1.04 bits per heavy atom. The molecule has 28 heavy (non-hydrogen) atoms. The van der Waals surface area contributed by atoms with Crippen molar-refractivity contribution in [3.8, 4) is 0 Å². The van der Waals surface area contributed by atoms with Crippen molar-refractivity contribution in [1.29, 1.82) is 0 Å². The lowest BCUT2D eigenvalue weighted by atomic mass is 10.1. The quantitative estimate of drug-likeness (QED) is 0.570. The molecule has 5 nitrogen and oxygen atoms in total. The number of aryl methyl sites for hydroxylation is 1. The zero-order valence-electron chi connectivity index (χ0n) is 15.1. The first-order valence-corrected chi connectivity index (χ1v) is 10.7. The van der Waals surface area contributed by atoms with Crippen LogP contribution in [0.25, 0.3) is 0 Å². The van der Waals surface area contributed by atoms with Gasteiger partial charge in [0.25, 0.3) is 0 Å². The number of halogens is 2. The number of benzene rings is 2. The molecule has 2 aromatic carbocycles. The number of anilines is 1. The molecule has 0 saturated carbocycles. The van der Waals surface area contributed by atoms with Crippen LogP contribution in [0.5, 0.6) is 0 Å². The molecule has 146 valence electrons. The maximum Gasteiger partial charge on any atom is 0.243 e. The third-order valence-electron chi connectivity index (χ3n) is 4.38. The Balaban J connectivity index is 2.05. The molecule has 0 fully saturated rings. The highest BCUT2D eigenvalue weighted by Crippen LogP contribution is 2.32. The minimum Gasteiger partial charge on any atom is -0.396 e. The molecule has 0 unspecified atom stereocenters. The van der Waals surface area contributed by atoms with E-state index in [0.29, 0.717) is 0 Å². The lowest BCUT2D eigenvalue weighted by Crippen LogP contribution is -2.30. The van der Waals surface area contributed by atoms with Crippen LogP contribution >= 0.6 is 23.2 Å².